The van der Waals surface area contributed by atoms with Crippen LogP contribution in [0.3, 0.4) is 0 Å². The Bertz CT molecular complexity index is 1090. The average molecular weight is 395 g/mol. The van der Waals surface area contributed by atoms with E-state index in [0.717, 1.165) is 11.3 Å². The lowest BCUT2D eigenvalue weighted by Gasteiger charge is -2.07. The van der Waals surface area contributed by atoms with Crippen molar-refractivity contribution in [3.63, 3.8) is 0 Å². The summed E-state index contributed by atoms with van der Waals surface area (Å²) in [5.41, 5.74) is 1.44. The molecular formula is C19H17N5O3S. The zero-order chi connectivity index (χ0) is 19.3. The van der Waals surface area contributed by atoms with Gasteiger partial charge in [-0.05, 0) is 29.6 Å². The largest absolute Gasteiger partial charge is 0.497 e. The molecule has 28 heavy (non-hydrogen) atoms. The van der Waals surface area contributed by atoms with Gasteiger partial charge in [-0.15, -0.1) is 26.6 Å². The predicted molar refractivity (Wildman–Crippen MR) is 105 cm³/mol. The number of fused-ring (bicyclic) bond motifs is 1. The maximum Gasteiger partial charge on any atom is 0.261 e. The summed E-state index contributed by atoms with van der Waals surface area (Å²) in [6.45, 7) is 0.674. The van der Waals surface area contributed by atoms with Crippen LogP contribution in [0.5, 0.6) is 11.6 Å². The minimum absolute atomic E-state index is 0.110. The minimum atomic E-state index is -0.110. The number of carbonyl (C=O) groups excluding carboxylic acids is 1. The van der Waals surface area contributed by atoms with Gasteiger partial charge in [0.1, 0.15) is 12.4 Å². The first kappa shape index (κ1) is 17.9. The van der Waals surface area contributed by atoms with E-state index in [0.29, 0.717) is 35.4 Å². The summed E-state index contributed by atoms with van der Waals surface area (Å²) < 4.78 is 12.5. The monoisotopic (exact) mass is 395 g/mol. The number of ether oxygens (including phenoxy) is 2. The van der Waals surface area contributed by atoms with Crippen LogP contribution in [-0.2, 0) is 0 Å². The highest BCUT2D eigenvalue weighted by atomic mass is 32.1. The summed E-state index contributed by atoms with van der Waals surface area (Å²) >= 11 is 1.40. The molecule has 0 aliphatic carbocycles. The Morgan fingerprint density at radius 1 is 1.18 bits per heavy atom. The van der Waals surface area contributed by atoms with Crippen LogP contribution in [0.15, 0.2) is 53.9 Å². The summed E-state index contributed by atoms with van der Waals surface area (Å²) in [5.74, 6) is 1.62. The van der Waals surface area contributed by atoms with Crippen LogP contribution in [-0.4, -0.2) is 46.0 Å². The zero-order valence-electron chi connectivity index (χ0n) is 15.0. The number of nitrogens with zero attached hydrogens (tertiary/aromatic N) is 4. The van der Waals surface area contributed by atoms with Gasteiger partial charge in [0, 0.05) is 11.6 Å². The number of rotatable bonds is 7. The average Bonchev–Trinajstić information content (AvgIpc) is 3.41. The molecule has 8 nitrogen and oxygen atoms in total. The van der Waals surface area contributed by atoms with Crippen molar-refractivity contribution in [1.29, 1.82) is 0 Å². The molecule has 1 aromatic carbocycles. The number of amides is 1. The molecule has 3 aromatic heterocycles. The van der Waals surface area contributed by atoms with E-state index in [-0.39, 0.29) is 5.91 Å². The maximum atomic E-state index is 11.9. The Balaban J connectivity index is 1.44. The van der Waals surface area contributed by atoms with E-state index < -0.39 is 0 Å². The molecule has 9 heteroatoms. The van der Waals surface area contributed by atoms with Crippen molar-refractivity contribution >= 4 is 22.9 Å². The maximum absolute atomic E-state index is 11.9. The van der Waals surface area contributed by atoms with Crippen molar-refractivity contribution in [3.05, 3.63) is 58.8 Å². The van der Waals surface area contributed by atoms with Crippen LogP contribution in [0.4, 0.5) is 0 Å². The summed E-state index contributed by atoms with van der Waals surface area (Å²) in [4.78, 5) is 12.6. The lowest BCUT2D eigenvalue weighted by atomic mass is 10.2. The van der Waals surface area contributed by atoms with Gasteiger partial charge >= 0.3 is 0 Å². The second-order valence-corrected chi connectivity index (χ2v) is 6.73. The molecule has 1 N–H and O–H groups in total. The predicted octanol–water partition coefficient (Wildman–Crippen LogP) is 2.67. The van der Waals surface area contributed by atoms with Gasteiger partial charge in [-0.3, -0.25) is 4.79 Å². The lowest BCUT2D eigenvalue weighted by molar-refractivity contribution is 0.0950. The molecule has 0 saturated carbocycles. The van der Waals surface area contributed by atoms with E-state index in [1.54, 1.807) is 29.8 Å². The fraction of sp³-hybridized carbons (Fsp3) is 0.158. The molecule has 0 saturated heterocycles. The van der Waals surface area contributed by atoms with Gasteiger partial charge in [-0.2, -0.15) is 4.52 Å². The molecule has 4 rings (SSSR count). The summed E-state index contributed by atoms with van der Waals surface area (Å²) in [6.07, 6.45) is 0. The summed E-state index contributed by atoms with van der Waals surface area (Å²) in [6, 6.07) is 14.6. The minimum Gasteiger partial charge on any atom is -0.497 e. The fourth-order valence-electron chi connectivity index (χ4n) is 2.61. The van der Waals surface area contributed by atoms with E-state index in [1.165, 1.54) is 11.3 Å². The molecule has 0 atom stereocenters. The number of hydrogen-bond acceptors (Lipinski definition) is 7. The first-order valence-corrected chi connectivity index (χ1v) is 9.44. The first-order valence-electron chi connectivity index (χ1n) is 8.56. The third-order valence-electron chi connectivity index (χ3n) is 3.95. The van der Waals surface area contributed by atoms with Crippen molar-refractivity contribution in [3.8, 4) is 23.0 Å². The highest BCUT2D eigenvalue weighted by Crippen LogP contribution is 2.23. The van der Waals surface area contributed by atoms with Crippen molar-refractivity contribution in [2.24, 2.45) is 0 Å². The number of thiophene rings is 1. The molecule has 0 aliphatic rings. The number of hydrogen-bond donors (Lipinski definition) is 1. The summed E-state index contributed by atoms with van der Waals surface area (Å²) in [5, 5.41) is 17.5. The van der Waals surface area contributed by atoms with Gasteiger partial charge in [0.15, 0.2) is 11.5 Å². The smallest absolute Gasteiger partial charge is 0.261 e. The van der Waals surface area contributed by atoms with Crippen molar-refractivity contribution in [1.82, 2.24) is 25.1 Å². The van der Waals surface area contributed by atoms with Crippen LogP contribution >= 0.6 is 11.3 Å². The van der Waals surface area contributed by atoms with Gasteiger partial charge in [0.25, 0.3) is 5.91 Å². The second-order valence-electron chi connectivity index (χ2n) is 5.78. The molecule has 1 amide bonds. The molecule has 142 valence electrons. The SMILES string of the molecule is COc1cccc(-c2nnc3ccc(OCCNC(=O)c4cccs4)nn23)c1. The molecule has 0 aliphatic heterocycles. The van der Waals surface area contributed by atoms with E-state index in [4.69, 9.17) is 9.47 Å². The second kappa shape index (κ2) is 8.05. The van der Waals surface area contributed by atoms with E-state index in [9.17, 15) is 4.79 Å². The topological polar surface area (TPSA) is 90.6 Å². The van der Waals surface area contributed by atoms with Gasteiger partial charge in [-0.25, -0.2) is 0 Å². The quantitative estimate of drug-likeness (QED) is 0.484. The molecule has 0 bridgehead atoms. The van der Waals surface area contributed by atoms with Crippen molar-refractivity contribution < 1.29 is 14.3 Å². The number of carbonyl (C=O) groups is 1. The molecule has 0 unspecified atom stereocenters. The van der Waals surface area contributed by atoms with Crippen LogP contribution in [0.2, 0.25) is 0 Å². The van der Waals surface area contributed by atoms with Crippen LogP contribution in [0.25, 0.3) is 17.0 Å². The van der Waals surface area contributed by atoms with E-state index in [1.807, 2.05) is 35.7 Å². The van der Waals surface area contributed by atoms with Crippen LogP contribution < -0.4 is 14.8 Å². The van der Waals surface area contributed by atoms with Crippen LogP contribution in [0, 0.1) is 0 Å². The molecular weight excluding hydrogens is 378 g/mol. The highest BCUT2D eigenvalue weighted by Gasteiger charge is 2.11. The lowest BCUT2D eigenvalue weighted by Crippen LogP contribution is -2.27. The highest BCUT2D eigenvalue weighted by molar-refractivity contribution is 7.12. The van der Waals surface area contributed by atoms with Gasteiger partial charge in [0.05, 0.1) is 18.5 Å². The van der Waals surface area contributed by atoms with E-state index in [2.05, 4.69) is 20.6 Å². The zero-order valence-corrected chi connectivity index (χ0v) is 15.8. The third kappa shape index (κ3) is 3.79. The number of aromatic nitrogens is 4. The van der Waals surface area contributed by atoms with Gasteiger partial charge in [0.2, 0.25) is 5.88 Å². The van der Waals surface area contributed by atoms with Gasteiger partial charge < -0.3 is 14.8 Å². The fourth-order valence-corrected chi connectivity index (χ4v) is 3.25. The van der Waals surface area contributed by atoms with Crippen molar-refractivity contribution in [2.75, 3.05) is 20.3 Å². The molecule has 0 radical (unpaired) electrons. The number of methoxy groups -OCH3 is 1. The molecule has 0 fully saturated rings. The first-order chi connectivity index (χ1) is 13.7. The Morgan fingerprint density at radius 2 is 2.11 bits per heavy atom. The Kier molecular flexibility index (Phi) is 5.16. The number of benzene rings is 1. The Morgan fingerprint density at radius 3 is 2.93 bits per heavy atom. The number of nitrogens with one attached hydrogen (secondary N) is 1. The molecule has 0 spiro atoms. The molecule has 4 aromatic rings. The third-order valence-corrected chi connectivity index (χ3v) is 4.82. The van der Waals surface area contributed by atoms with Crippen molar-refractivity contribution in [2.45, 2.75) is 0 Å². The van der Waals surface area contributed by atoms with Crippen LogP contribution in [0.1, 0.15) is 9.67 Å². The Hall–Kier alpha value is -3.46. The Labute approximate surface area is 164 Å². The molecule has 3 heterocycles. The van der Waals surface area contributed by atoms with Gasteiger partial charge in [-0.1, -0.05) is 18.2 Å². The summed E-state index contributed by atoms with van der Waals surface area (Å²) in [7, 11) is 1.61. The standard InChI is InChI=1S/C19H17N5O3S/c1-26-14-5-2-4-13(12-14)18-22-21-16-7-8-17(23-24(16)18)27-10-9-20-19(25)15-6-3-11-28-15/h2-8,11-12H,9-10H2,1H3,(H,20,25). The van der Waals surface area contributed by atoms with E-state index >= 15 is 0 Å². The normalized spacial score (nSPS) is 10.8.